The molecular weight excluding hydrogens is 363 g/mol. The van der Waals surface area contributed by atoms with Crippen LogP contribution in [-0.2, 0) is 27.2 Å². The van der Waals surface area contributed by atoms with Gasteiger partial charge in [-0.25, -0.2) is 9.18 Å². The Morgan fingerprint density at radius 1 is 0.964 bits per heavy atom. The molecule has 3 N–H and O–H groups in total. The second-order valence-electron chi connectivity index (χ2n) is 6.68. The summed E-state index contributed by atoms with van der Waals surface area (Å²) in [5.74, 6) is -2.72. The molecule has 0 aliphatic rings. The number of aliphatic carboxylic acids is 1. The number of aryl methyl sites for hydroxylation is 1. The van der Waals surface area contributed by atoms with Crippen molar-refractivity contribution in [1.82, 2.24) is 10.6 Å². The van der Waals surface area contributed by atoms with Crippen LogP contribution in [0, 0.1) is 12.7 Å². The average molecular weight is 386 g/mol. The molecule has 0 spiro atoms. The first-order chi connectivity index (χ1) is 13.2. The van der Waals surface area contributed by atoms with E-state index in [-0.39, 0.29) is 12.8 Å². The van der Waals surface area contributed by atoms with Crippen LogP contribution in [0.1, 0.15) is 23.6 Å². The molecule has 0 radical (unpaired) electrons. The molecule has 0 unspecified atom stereocenters. The molecule has 0 aliphatic carbocycles. The van der Waals surface area contributed by atoms with Crippen LogP contribution in [0.15, 0.2) is 48.5 Å². The first-order valence-electron chi connectivity index (χ1n) is 8.85. The highest BCUT2D eigenvalue weighted by atomic mass is 19.1. The van der Waals surface area contributed by atoms with Crippen LogP contribution in [0.5, 0.6) is 0 Å². The fourth-order valence-electron chi connectivity index (χ4n) is 2.90. The Labute approximate surface area is 162 Å². The molecule has 2 aromatic rings. The number of hydrogen-bond acceptors (Lipinski definition) is 3. The van der Waals surface area contributed by atoms with Gasteiger partial charge >= 0.3 is 5.97 Å². The Kier molecular flexibility index (Phi) is 7.26. The topological polar surface area (TPSA) is 95.5 Å². The maximum Gasteiger partial charge on any atom is 0.326 e. The predicted molar refractivity (Wildman–Crippen MR) is 102 cm³/mol. The molecular formula is C21H23FN2O4. The van der Waals surface area contributed by atoms with Gasteiger partial charge in [0.05, 0.1) is 0 Å². The summed E-state index contributed by atoms with van der Waals surface area (Å²) in [6.07, 6.45) is 0.148. The second-order valence-corrected chi connectivity index (χ2v) is 6.68. The number of benzene rings is 2. The monoisotopic (exact) mass is 386 g/mol. The number of carboxylic acids is 1. The second kappa shape index (κ2) is 9.64. The van der Waals surface area contributed by atoms with Gasteiger partial charge in [-0.1, -0.05) is 42.0 Å². The molecule has 0 heterocycles. The summed E-state index contributed by atoms with van der Waals surface area (Å²) in [6.45, 7) is 3.15. The lowest BCUT2D eigenvalue weighted by molar-refractivity contribution is -0.142. The number of amides is 2. The highest BCUT2D eigenvalue weighted by molar-refractivity contribution is 5.90. The quantitative estimate of drug-likeness (QED) is 0.647. The minimum atomic E-state index is -1.18. The van der Waals surface area contributed by atoms with Crippen LogP contribution in [0.3, 0.4) is 0 Å². The maximum absolute atomic E-state index is 13.4. The summed E-state index contributed by atoms with van der Waals surface area (Å²) in [6, 6.07) is 10.9. The van der Waals surface area contributed by atoms with E-state index in [1.807, 2.05) is 25.1 Å². The lowest BCUT2D eigenvalue weighted by atomic mass is 10.0. The molecule has 2 rings (SSSR count). The van der Waals surface area contributed by atoms with Gasteiger partial charge < -0.3 is 15.7 Å². The first kappa shape index (κ1) is 21.1. The van der Waals surface area contributed by atoms with Crippen molar-refractivity contribution in [2.75, 3.05) is 0 Å². The Morgan fingerprint density at radius 3 is 2.14 bits per heavy atom. The van der Waals surface area contributed by atoms with E-state index >= 15 is 0 Å². The summed E-state index contributed by atoms with van der Waals surface area (Å²) in [5.41, 5.74) is 2.27. The zero-order chi connectivity index (χ0) is 20.7. The van der Waals surface area contributed by atoms with Gasteiger partial charge in [0.2, 0.25) is 11.8 Å². The molecule has 148 valence electrons. The third-order valence-corrected chi connectivity index (χ3v) is 4.16. The zero-order valence-corrected chi connectivity index (χ0v) is 15.7. The van der Waals surface area contributed by atoms with Gasteiger partial charge in [0.1, 0.15) is 17.9 Å². The van der Waals surface area contributed by atoms with E-state index in [9.17, 15) is 23.9 Å². The minimum absolute atomic E-state index is 0.0416. The molecule has 6 nitrogen and oxygen atoms in total. The fraction of sp³-hybridized carbons (Fsp3) is 0.286. The van der Waals surface area contributed by atoms with Gasteiger partial charge in [0.15, 0.2) is 0 Å². The summed E-state index contributed by atoms with van der Waals surface area (Å²) in [5, 5.41) is 14.5. The highest BCUT2D eigenvalue weighted by Gasteiger charge is 2.26. The number of halogens is 1. The van der Waals surface area contributed by atoms with E-state index in [0.29, 0.717) is 5.56 Å². The minimum Gasteiger partial charge on any atom is -0.480 e. The van der Waals surface area contributed by atoms with E-state index in [1.165, 1.54) is 25.1 Å². The molecule has 2 amide bonds. The highest BCUT2D eigenvalue weighted by Crippen LogP contribution is 2.10. The summed E-state index contributed by atoms with van der Waals surface area (Å²) < 4.78 is 13.4. The van der Waals surface area contributed by atoms with Crippen molar-refractivity contribution in [1.29, 1.82) is 0 Å². The van der Waals surface area contributed by atoms with Crippen LogP contribution in [0.2, 0.25) is 0 Å². The number of nitrogens with one attached hydrogen (secondary N) is 2. The van der Waals surface area contributed by atoms with Gasteiger partial charge in [-0.15, -0.1) is 0 Å². The van der Waals surface area contributed by atoms with Crippen molar-refractivity contribution < 1.29 is 23.9 Å². The Morgan fingerprint density at radius 2 is 1.57 bits per heavy atom. The van der Waals surface area contributed by atoms with Gasteiger partial charge in [-0.05, 0) is 30.2 Å². The largest absolute Gasteiger partial charge is 0.480 e. The van der Waals surface area contributed by atoms with Gasteiger partial charge in [-0.3, -0.25) is 9.59 Å². The Balaban J connectivity index is 2.14. The van der Waals surface area contributed by atoms with Crippen LogP contribution < -0.4 is 10.6 Å². The normalized spacial score (nSPS) is 12.7. The van der Waals surface area contributed by atoms with Crippen LogP contribution in [0.4, 0.5) is 4.39 Å². The van der Waals surface area contributed by atoms with Crippen LogP contribution in [0.25, 0.3) is 0 Å². The molecule has 0 aromatic heterocycles. The Hall–Kier alpha value is -3.22. The van der Waals surface area contributed by atoms with E-state index < -0.39 is 35.7 Å². The number of carboxylic acid groups (broad SMARTS) is 1. The number of carbonyl (C=O) groups excluding carboxylic acids is 2. The fourth-order valence-corrected chi connectivity index (χ4v) is 2.90. The van der Waals surface area contributed by atoms with Gasteiger partial charge in [-0.2, -0.15) is 0 Å². The van der Waals surface area contributed by atoms with Crippen molar-refractivity contribution in [2.45, 2.75) is 38.8 Å². The molecule has 0 aliphatic heterocycles. The predicted octanol–water partition coefficient (Wildman–Crippen LogP) is 1.99. The van der Waals surface area contributed by atoms with Gasteiger partial charge in [0.25, 0.3) is 0 Å². The average Bonchev–Trinajstić information content (AvgIpc) is 2.60. The molecule has 7 heteroatoms. The molecule has 28 heavy (non-hydrogen) atoms. The van der Waals surface area contributed by atoms with Crippen molar-refractivity contribution >= 4 is 17.8 Å². The number of rotatable bonds is 8. The summed E-state index contributed by atoms with van der Waals surface area (Å²) in [7, 11) is 0. The molecule has 2 aromatic carbocycles. The third-order valence-electron chi connectivity index (χ3n) is 4.16. The first-order valence-corrected chi connectivity index (χ1v) is 8.85. The standard InChI is InChI=1S/C21H23FN2O4/c1-13-5-3-6-15(9-13)12-19(21(27)28)24-20(26)18(23-14(2)25)11-16-7-4-8-17(22)10-16/h3-10,18-19H,11-12H2,1-2H3,(H,23,25)(H,24,26)(H,27,28)/t18-,19+/m1/s1. The van der Waals surface area contributed by atoms with Crippen molar-refractivity contribution in [3.05, 3.63) is 71.0 Å². The number of hydrogen-bond donors (Lipinski definition) is 3. The molecule has 0 saturated heterocycles. The summed E-state index contributed by atoms with van der Waals surface area (Å²) >= 11 is 0. The lowest BCUT2D eigenvalue weighted by Crippen LogP contribution is -2.52. The zero-order valence-electron chi connectivity index (χ0n) is 15.7. The van der Waals surface area contributed by atoms with Crippen molar-refractivity contribution in [3.63, 3.8) is 0 Å². The summed E-state index contributed by atoms with van der Waals surface area (Å²) in [4.78, 5) is 35.8. The van der Waals surface area contributed by atoms with Crippen LogP contribution in [-0.4, -0.2) is 35.0 Å². The smallest absolute Gasteiger partial charge is 0.326 e. The van der Waals surface area contributed by atoms with E-state index in [4.69, 9.17) is 0 Å². The lowest BCUT2D eigenvalue weighted by Gasteiger charge is -2.21. The van der Waals surface area contributed by atoms with Crippen LogP contribution >= 0.6 is 0 Å². The van der Waals surface area contributed by atoms with Gasteiger partial charge in [0, 0.05) is 19.8 Å². The SMILES string of the molecule is CC(=O)N[C@H](Cc1cccc(F)c1)C(=O)N[C@@H](Cc1cccc(C)c1)C(=O)O. The van der Waals surface area contributed by atoms with Crippen molar-refractivity contribution in [2.24, 2.45) is 0 Å². The molecule has 2 atom stereocenters. The number of carbonyl (C=O) groups is 3. The maximum atomic E-state index is 13.4. The van der Waals surface area contributed by atoms with E-state index in [0.717, 1.165) is 11.1 Å². The van der Waals surface area contributed by atoms with E-state index in [2.05, 4.69) is 10.6 Å². The Bertz CT molecular complexity index is 869. The van der Waals surface area contributed by atoms with Crippen molar-refractivity contribution in [3.8, 4) is 0 Å². The molecule has 0 fully saturated rings. The molecule has 0 bridgehead atoms. The molecule has 0 saturated carbocycles. The van der Waals surface area contributed by atoms with E-state index in [1.54, 1.807) is 12.1 Å². The third kappa shape index (κ3) is 6.50.